The quantitative estimate of drug-likeness (QED) is 0.456. The average molecular weight is 249 g/mol. The number of hydrogen-bond acceptors (Lipinski definition) is 5. The van der Waals surface area contributed by atoms with Crippen LogP contribution in [0.25, 0.3) is 0 Å². The molecule has 0 radical (unpaired) electrons. The molecule has 1 atom stereocenters. The Kier molecular flexibility index (Phi) is 5.20. The summed E-state index contributed by atoms with van der Waals surface area (Å²) >= 11 is 0. The Morgan fingerprint density at radius 1 is 1.22 bits per heavy atom. The molecular weight excluding hydrogens is 234 g/mol. The van der Waals surface area contributed by atoms with E-state index in [1.807, 2.05) is 0 Å². The summed E-state index contributed by atoms with van der Waals surface area (Å²) in [5, 5.41) is 0. The van der Waals surface area contributed by atoms with E-state index in [4.69, 9.17) is 10.5 Å². The summed E-state index contributed by atoms with van der Waals surface area (Å²) in [6.45, 7) is 1.19. The van der Waals surface area contributed by atoms with Crippen LogP contribution in [0.4, 0.5) is 0 Å². The second kappa shape index (κ2) is 6.66. The van der Waals surface area contributed by atoms with Crippen molar-refractivity contribution in [2.75, 3.05) is 6.61 Å². The van der Waals surface area contributed by atoms with Crippen molar-refractivity contribution in [2.24, 2.45) is 5.73 Å². The van der Waals surface area contributed by atoms with Crippen LogP contribution in [0.15, 0.2) is 30.3 Å². The molecule has 96 valence electrons. The van der Waals surface area contributed by atoms with E-state index in [0.29, 0.717) is 5.56 Å². The third-order valence-electron chi connectivity index (χ3n) is 2.39. The molecule has 0 aromatic heterocycles. The van der Waals surface area contributed by atoms with Crippen LogP contribution < -0.4 is 5.73 Å². The molecular formula is C13H15NO4. The van der Waals surface area contributed by atoms with Crippen LogP contribution in [-0.2, 0) is 14.3 Å². The highest BCUT2D eigenvalue weighted by Gasteiger charge is 2.22. The Hall–Kier alpha value is -2.01. The number of Topliss-reactive ketones (excluding diaryl/α,β-unsaturated/α-hetero) is 2. The van der Waals surface area contributed by atoms with Crippen molar-refractivity contribution in [3.05, 3.63) is 35.9 Å². The van der Waals surface area contributed by atoms with E-state index in [1.165, 1.54) is 0 Å². The number of benzene rings is 1. The van der Waals surface area contributed by atoms with Gasteiger partial charge < -0.3 is 10.5 Å². The summed E-state index contributed by atoms with van der Waals surface area (Å²) in [5.74, 6) is -1.61. The van der Waals surface area contributed by atoms with Gasteiger partial charge in [0.15, 0.2) is 24.2 Å². The van der Waals surface area contributed by atoms with Crippen molar-refractivity contribution < 1.29 is 19.1 Å². The summed E-state index contributed by atoms with van der Waals surface area (Å²) in [5.41, 5.74) is 5.81. The zero-order chi connectivity index (χ0) is 13.5. The van der Waals surface area contributed by atoms with Crippen LogP contribution in [0.3, 0.4) is 0 Å². The van der Waals surface area contributed by atoms with Gasteiger partial charge in [-0.25, -0.2) is 4.79 Å². The lowest BCUT2D eigenvalue weighted by Crippen LogP contribution is -2.40. The second-order valence-corrected chi connectivity index (χ2v) is 3.69. The molecule has 0 bridgehead atoms. The van der Waals surface area contributed by atoms with Crippen molar-refractivity contribution in [2.45, 2.75) is 19.4 Å². The standard InChI is InChI=1S/C13H15NO4/c1-2-10(15)12(14)13(17)18-8-11(16)9-6-4-3-5-7-9/h3-7,12H,2,8,14H2,1H3. The molecule has 18 heavy (non-hydrogen) atoms. The van der Waals surface area contributed by atoms with Gasteiger partial charge in [-0.1, -0.05) is 37.3 Å². The lowest BCUT2D eigenvalue weighted by molar-refractivity contribution is -0.146. The van der Waals surface area contributed by atoms with Gasteiger partial charge in [-0.2, -0.15) is 0 Å². The van der Waals surface area contributed by atoms with Crippen LogP contribution in [0.2, 0.25) is 0 Å². The predicted octanol–water partition coefficient (Wildman–Crippen LogP) is 0.719. The fourth-order valence-corrected chi connectivity index (χ4v) is 1.29. The number of rotatable bonds is 6. The van der Waals surface area contributed by atoms with Gasteiger partial charge in [0.1, 0.15) is 0 Å². The molecule has 1 unspecified atom stereocenters. The van der Waals surface area contributed by atoms with Crippen LogP contribution in [-0.4, -0.2) is 30.2 Å². The minimum absolute atomic E-state index is 0.156. The van der Waals surface area contributed by atoms with E-state index >= 15 is 0 Å². The molecule has 0 amide bonds. The molecule has 0 aliphatic heterocycles. The molecule has 1 rings (SSSR count). The van der Waals surface area contributed by atoms with Crippen molar-refractivity contribution in [1.29, 1.82) is 0 Å². The summed E-state index contributed by atoms with van der Waals surface area (Å²) in [7, 11) is 0. The molecule has 0 saturated carbocycles. The monoisotopic (exact) mass is 249 g/mol. The lowest BCUT2D eigenvalue weighted by atomic mass is 10.1. The molecule has 1 aromatic rings. The topological polar surface area (TPSA) is 86.5 Å². The Bertz CT molecular complexity index is 442. The largest absolute Gasteiger partial charge is 0.456 e. The Morgan fingerprint density at radius 3 is 2.39 bits per heavy atom. The number of esters is 1. The molecule has 2 N–H and O–H groups in total. The molecule has 0 spiro atoms. The lowest BCUT2D eigenvalue weighted by Gasteiger charge is -2.09. The third kappa shape index (κ3) is 3.78. The van der Waals surface area contributed by atoms with Crippen molar-refractivity contribution >= 4 is 17.5 Å². The Labute approximate surface area is 105 Å². The summed E-state index contributed by atoms with van der Waals surface area (Å²) < 4.78 is 4.71. The fourth-order valence-electron chi connectivity index (χ4n) is 1.29. The highest BCUT2D eigenvalue weighted by atomic mass is 16.5. The van der Waals surface area contributed by atoms with E-state index < -0.39 is 24.4 Å². The van der Waals surface area contributed by atoms with Gasteiger partial charge in [0.25, 0.3) is 0 Å². The fraction of sp³-hybridized carbons (Fsp3) is 0.308. The molecule has 5 nitrogen and oxygen atoms in total. The number of ketones is 2. The molecule has 0 aliphatic rings. The molecule has 0 saturated heterocycles. The van der Waals surface area contributed by atoms with E-state index in [2.05, 4.69) is 0 Å². The predicted molar refractivity (Wildman–Crippen MR) is 65.0 cm³/mol. The number of nitrogens with two attached hydrogens (primary N) is 1. The third-order valence-corrected chi connectivity index (χ3v) is 2.39. The first-order chi connectivity index (χ1) is 8.56. The summed E-state index contributed by atoms with van der Waals surface area (Å²) in [6.07, 6.45) is 0.156. The first kappa shape index (κ1) is 14.1. The molecule has 0 heterocycles. The average Bonchev–Trinajstić information content (AvgIpc) is 2.43. The van der Waals surface area contributed by atoms with Crippen LogP contribution in [0.5, 0.6) is 0 Å². The van der Waals surface area contributed by atoms with Crippen LogP contribution in [0, 0.1) is 0 Å². The zero-order valence-corrected chi connectivity index (χ0v) is 10.1. The number of hydrogen-bond donors (Lipinski definition) is 1. The summed E-state index contributed by atoms with van der Waals surface area (Å²) in [4.78, 5) is 34.1. The van der Waals surface area contributed by atoms with Gasteiger partial charge in [0, 0.05) is 12.0 Å². The maximum absolute atomic E-state index is 11.6. The molecule has 0 fully saturated rings. The number of ether oxygens (including phenoxy) is 1. The Balaban J connectivity index is 2.49. The van der Waals surface area contributed by atoms with Crippen LogP contribution >= 0.6 is 0 Å². The van der Waals surface area contributed by atoms with Crippen molar-refractivity contribution in [3.8, 4) is 0 Å². The highest BCUT2D eigenvalue weighted by Crippen LogP contribution is 2.01. The van der Waals surface area contributed by atoms with Gasteiger partial charge in [-0.05, 0) is 0 Å². The minimum atomic E-state index is -1.31. The number of carbonyl (C=O) groups is 3. The van der Waals surface area contributed by atoms with Crippen molar-refractivity contribution in [1.82, 2.24) is 0 Å². The maximum Gasteiger partial charge on any atom is 0.331 e. The molecule has 5 heteroatoms. The van der Waals surface area contributed by atoms with E-state index in [1.54, 1.807) is 37.3 Å². The minimum Gasteiger partial charge on any atom is -0.456 e. The van der Waals surface area contributed by atoms with E-state index in [9.17, 15) is 14.4 Å². The summed E-state index contributed by atoms with van der Waals surface area (Å²) in [6, 6.07) is 7.13. The van der Waals surface area contributed by atoms with Crippen LogP contribution in [0.1, 0.15) is 23.7 Å². The van der Waals surface area contributed by atoms with Gasteiger partial charge in [-0.3, -0.25) is 9.59 Å². The van der Waals surface area contributed by atoms with Gasteiger partial charge in [0.05, 0.1) is 0 Å². The Morgan fingerprint density at radius 2 is 1.83 bits per heavy atom. The van der Waals surface area contributed by atoms with E-state index in [0.717, 1.165) is 0 Å². The van der Waals surface area contributed by atoms with Gasteiger partial charge in [-0.15, -0.1) is 0 Å². The highest BCUT2D eigenvalue weighted by molar-refractivity contribution is 6.04. The van der Waals surface area contributed by atoms with Gasteiger partial charge in [0.2, 0.25) is 0 Å². The molecule has 0 aliphatic carbocycles. The van der Waals surface area contributed by atoms with Crippen molar-refractivity contribution in [3.63, 3.8) is 0 Å². The maximum atomic E-state index is 11.6. The smallest absolute Gasteiger partial charge is 0.331 e. The zero-order valence-electron chi connectivity index (χ0n) is 10.1. The van der Waals surface area contributed by atoms with Gasteiger partial charge >= 0.3 is 5.97 Å². The molecule has 1 aromatic carbocycles. The number of carbonyl (C=O) groups excluding carboxylic acids is 3. The first-order valence-electron chi connectivity index (χ1n) is 5.59. The second-order valence-electron chi connectivity index (χ2n) is 3.69. The first-order valence-corrected chi connectivity index (χ1v) is 5.59. The normalized spacial score (nSPS) is 11.7. The SMILES string of the molecule is CCC(=O)C(N)C(=O)OCC(=O)c1ccccc1. The van der Waals surface area contributed by atoms with E-state index in [-0.39, 0.29) is 12.2 Å².